The molecule has 1 unspecified atom stereocenters. The van der Waals surface area contributed by atoms with Crippen LogP contribution in [0.3, 0.4) is 0 Å². The highest BCUT2D eigenvalue weighted by atomic mass is 35.5. The molecule has 1 saturated carbocycles. The van der Waals surface area contributed by atoms with Gasteiger partial charge in [-0.15, -0.1) is 23.7 Å². The number of thiophene rings is 1. The summed E-state index contributed by atoms with van der Waals surface area (Å²) in [5.74, 6) is 0.308. The molecule has 1 aromatic heterocycles. The summed E-state index contributed by atoms with van der Waals surface area (Å²) in [7, 11) is 0. The van der Waals surface area contributed by atoms with Crippen LogP contribution in [0.4, 0.5) is 5.69 Å². The predicted molar refractivity (Wildman–Crippen MR) is 103 cm³/mol. The minimum absolute atomic E-state index is 0. The van der Waals surface area contributed by atoms with Crippen molar-refractivity contribution in [2.45, 2.75) is 38.1 Å². The number of carbonyl (C=O) groups excluding carboxylic acids is 1. The smallest absolute Gasteiger partial charge is 0.270 e. The van der Waals surface area contributed by atoms with E-state index in [1.54, 1.807) is 12.1 Å². The summed E-state index contributed by atoms with van der Waals surface area (Å²) in [5.41, 5.74) is 5.91. The molecule has 136 valence electrons. The van der Waals surface area contributed by atoms with E-state index in [1.165, 1.54) is 42.7 Å². The van der Waals surface area contributed by atoms with Crippen molar-refractivity contribution in [1.82, 2.24) is 5.32 Å². The van der Waals surface area contributed by atoms with Gasteiger partial charge in [0, 0.05) is 34.8 Å². The van der Waals surface area contributed by atoms with E-state index in [4.69, 9.17) is 5.73 Å². The first-order valence-corrected chi connectivity index (χ1v) is 9.09. The van der Waals surface area contributed by atoms with Crippen molar-refractivity contribution in [3.05, 3.63) is 39.3 Å². The highest BCUT2D eigenvalue weighted by Crippen LogP contribution is 2.30. The molecular weight excluding hydrogens is 362 g/mol. The van der Waals surface area contributed by atoms with Gasteiger partial charge in [-0.05, 0) is 30.9 Å². The number of benzene rings is 1. The number of nitro benzene ring substituents is 1. The van der Waals surface area contributed by atoms with Crippen molar-refractivity contribution in [2.24, 2.45) is 11.7 Å². The molecule has 1 amide bonds. The number of nitrogens with zero attached hydrogens (tertiary/aromatic N) is 1. The van der Waals surface area contributed by atoms with E-state index >= 15 is 0 Å². The lowest BCUT2D eigenvalue weighted by Gasteiger charge is -2.29. The van der Waals surface area contributed by atoms with Crippen LogP contribution in [0.2, 0.25) is 0 Å². The number of halogens is 1. The summed E-state index contributed by atoms with van der Waals surface area (Å²) in [4.78, 5) is 23.6. The first kappa shape index (κ1) is 19.6. The van der Waals surface area contributed by atoms with Crippen LogP contribution in [-0.4, -0.2) is 23.4 Å². The van der Waals surface area contributed by atoms with Crippen LogP contribution in [0.25, 0.3) is 10.1 Å². The molecule has 3 N–H and O–H groups in total. The van der Waals surface area contributed by atoms with Crippen molar-refractivity contribution in [3.63, 3.8) is 0 Å². The van der Waals surface area contributed by atoms with Crippen molar-refractivity contribution in [2.75, 3.05) is 6.54 Å². The standard InChI is InChI=1S/C17H21N3O3S.ClH/c18-10-14(11-4-2-1-3-5-11)19-17(21)16-9-12-8-13(20(22)23)6-7-15(12)24-16;/h6-9,11,14H,1-5,10,18H2,(H,19,21);1H. The number of carbonyl (C=O) groups is 1. The fourth-order valence-electron chi connectivity index (χ4n) is 3.40. The molecule has 1 aromatic carbocycles. The Kier molecular flexibility index (Phi) is 6.75. The van der Waals surface area contributed by atoms with Crippen LogP contribution >= 0.6 is 23.7 Å². The Morgan fingerprint density at radius 1 is 1.32 bits per heavy atom. The number of nitrogens with one attached hydrogen (secondary N) is 1. The molecule has 6 nitrogen and oxygen atoms in total. The number of nitrogens with two attached hydrogens (primary N) is 1. The Labute approximate surface area is 156 Å². The van der Waals surface area contributed by atoms with Gasteiger partial charge in [-0.3, -0.25) is 14.9 Å². The monoisotopic (exact) mass is 383 g/mol. The maximum absolute atomic E-state index is 12.6. The van der Waals surface area contributed by atoms with Crippen LogP contribution < -0.4 is 11.1 Å². The Balaban J connectivity index is 0.00000225. The summed E-state index contributed by atoms with van der Waals surface area (Å²) >= 11 is 1.35. The zero-order chi connectivity index (χ0) is 17.1. The van der Waals surface area contributed by atoms with Gasteiger partial charge in [0.1, 0.15) is 0 Å². The third kappa shape index (κ3) is 4.48. The van der Waals surface area contributed by atoms with Gasteiger partial charge in [-0.25, -0.2) is 0 Å². The van der Waals surface area contributed by atoms with Crippen molar-refractivity contribution in [1.29, 1.82) is 0 Å². The molecule has 0 spiro atoms. The molecular formula is C17H22ClN3O3S. The number of rotatable bonds is 5. The maximum atomic E-state index is 12.6. The molecule has 8 heteroatoms. The second-order valence-electron chi connectivity index (χ2n) is 6.30. The molecule has 1 aliphatic rings. The number of hydrogen-bond acceptors (Lipinski definition) is 5. The fraction of sp³-hybridized carbons (Fsp3) is 0.471. The summed E-state index contributed by atoms with van der Waals surface area (Å²) in [6.45, 7) is 0.437. The predicted octanol–water partition coefficient (Wildman–Crippen LogP) is 3.87. The average Bonchev–Trinajstić information content (AvgIpc) is 3.03. The number of fused-ring (bicyclic) bond motifs is 1. The minimum Gasteiger partial charge on any atom is -0.347 e. The topological polar surface area (TPSA) is 98.3 Å². The molecule has 0 aliphatic heterocycles. The number of non-ortho nitro benzene ring substituents is 1. The van der Waals surface area contributed by atoms with Gasteiger partial charge < -0.3 is 11.1 Å². The highest BCUT2D eigenvalue weighted by Gasteiger charge is 2.25. The zero-order valence-corrected chi connectivity index (χ0v) is 15.4. The van der Waals surface area contributed by atoms with Crippen LogP contribution in [0.1, 0.15) is 41.8 Å². The molecule has 3 rings (SSSR count). The molecule has 1 aliphatic carbocycles. The Morgan fingerprint density at radius 3 is 2.68 bits per heavy atom. The molecule has 0 radical (unpaired) electrons. The lowest BCUT2D eigenvalue weighted by molar-refractivity contribution is -0.384. The van der Waals surface area contributed by atoms with Crippen molar-refractivity contribution >= 4 is 45.4 Å². The van der Waals surface area contributed by atoms with E-state index < -0.39 is 4.92 Å². The summed E-state index contributed by atoms with van der Waals surface area (Å²) in [6, 6.07) is 6.38. The summed E-state index contributed by atoms with van der Waals surface area (Å²) in [5, 5.41) is 14.6. The van der Waals surface area contributed by atoms with Gasteiger partial charge in [-0.1, -0.05) is 19.3 Å². The SMILES string of the molecule is Cl.NCC(NC(=O)c1cc2cc([N+](=O)[O-])ccc2s1)C1CCCCC1. The molecule has 0 saturated heterocycles. The first-order chi connectivity index (χ1) is 11.6. The molecule has 1 heterocycles. The Hall–Kier alpha value is -1.70. The van der Waals surface area contributed by atoms with Crippen LogP contribution in [0.15, 0.2) is 24.3 Å². The third-order valence-corrected chi connectivity index (χ3v) is 5.84. The van der Waals surface area contributed by atoms with Crippen LogP contribution in [0.5, 0.6) is 0 Å². The van der Waals surface area contributed by atoms with Crippen molar-refractivity contribution in [3.8, 4) is 0 Å². The van der Waals surface area contributed by atoms with Gasteiger partial charge in [0.15, 0.2) is 0 Å². The number of amides is 1. The summed E-state index contributed by atoms with van der Waals surface area (Å²) < 4.78 is 0.868. The van der Waals surface area contributed by atoms with E-state index in [1.807, 2.05) is 0 Å². The largest absolute Gasteiger partial charge is 0.347 e. The van der Waals surface area contributed by atoms with Gasteiger partial charge >= 0.3 is 0 Å². The zero-order valence-electron chi connectivity index (χ0n) is 13.8. The van der Waals surface area contributed by atoms with Gasteiger partial charge in [0.05, 0.1) is 9.80 Å². The third-order valence-electron chi connectivity index (χ3n) is 4.72. The normalized spacial score (nSPS) is 16.2. The Morgan fingerprint density at radius 2 is 2.04 bits per heavy atom. The maximum Gasteiger partial charge on any atom is 0.270 e. The fourth-order valence-corrected chi connectivity index (χ4v) is 4.35. The van der Waals surface area contributed by atoms with E-state index in [0.29, 0.717) is 17.3 Å². The molecule has 2 aromatic rings. The van der Waals surface area contributed by atoms with E-state index in [9.17, 15) is 14.9 Å². The second kappa shape index (κ2) is 8.60. The van der Waals surface area contributed by atoms with E-state index in [0.717, 1.165) is 22.9 Å². The van der Waals surface area contributed by atoms with Gasteiger partial charge in [-0.2, -0.15) is 0 Å². The van der Waals surface area contributed by atoms with Crippen LogP contribution in [-0.2, 0) is 0 Å². The van der Waals surface area contributed by atoms with Gasteiger partial charge in [0.2, 0.25) is 0 Å². The van der Waals surface area contributed by atoms with Gasteiger partial charge in [0.25, 0.3) is 11.6 Å². The number of nitro groups is 1. The van der Waals surface area contributed by atoms with E-state index in [-0.39, 0.29) is 30.0 Å². The Bertz CT molecular complexity index is 759. The molecule has 0 bridgehead atoms. The molecule has 1 fully saturated rings. The lowest BCUT2D eigenvalue weighted by Crippen LogP contribution is -2.45. The first-order valence-electron chi connectivity index (χ1n) is 8.27. The second-order valence-corrected chi connectivity index (χ2v) is 7.39. The molecule has 25 heavy (non-hydrogen) atoms. The minimum atomic E-state index is -0.426. The molecule has 1 atom stereocenters. The van der Waals surface area contributed by atoms with E-state index in [2.05, 4.69) is 5.32 Å². The highest BCUT2D eigenvalue weighted by molar-refractivity contribution is 7.20. The summed E-state index contributed by atoms with van der Waals surface area (Å²) in [6.07, 6.45) is 5.88. The number of hydrogen-bond donors (Lipinski definition) is 2. The average molecular weight is 384 g/mol. The van der Waals surface area contributed by atoms with Crippen molar-refractivity contribution < 1.29 is 9.72 Å². The quantitative estimate of drug-likeness (QED) is 0.604. The van der Waals surface area contributed by atoms with Crippen LogP contribution in [0, 0.1) is 16.0 Å². The lowest BCUT2D eigenvalue weighted by atomic mass is 9.84.